The minimum absolute atomic E-state index is 0.395. The van der Waals surface area contributed by atoms with Crippen LogP contribution in [0.15, 0.2) is 0 Å². The molecule has 0 atom stereocenters. The molecule has 0 aliphatic heterocycles. The van der Waals surface area contributed by atoms with Crippen LogP contribution in [0.1, 0.15) is 46.5 Å². The molecule has 0 aromatic rings. The van der Waals surface area contributed by atoms with Crippen molar-refractivity contribution in [1.29, 1.82) is 0 Å². The van der Waals surface area contributed by atoms with Gasteiger partial charge >= 0.3 is 0 Å². The van der Waals surface area contributed by atoms with Gasteiger partial charge in [-0.25, -0.2) is 0 Å². The maximum atomic E-state index is 3.71. The quantitative estimate of drug-likeness (QED) is 0.606. The van der Waals surface area contributed by atoms with Crippen molar-refractivity contribution in [3.05, 3.63) is 0 Å². The number of nitrogens with zero attached hydrogens (tertiary/aromatic N) is 1. The summed E-state index contributed by atoms with van der Waals surface area (Å²) in [7, 11) is 4.26. The molecule has 1 N–H and O–H groups in total. The van der Waals surface area contributed by atoms with Gasteiger partial charge < -0.3 is 10.2 Å². The van der Waals surface area contributed by atoms with Gasteiger partial charge in [0, 0.05) is 5.54 Å². The number of rotatable bonds is 8. The summed E-state index contributed by atoms with van der Waals surface area (Å²) >= 11 is 0. The average molecular weight is 200 g/mol. The maximum Gasteiger partial charge on any atom is 0.0173 e. The van der Waals surface area contributed by atoms with Crippen LogP contribution in [-0.2, 0) is 0 Å². The molecule has 0 saturated carbocycles. The zero-order chi connectivity index (χ0) is 11.0. The molecule has 2 nitrogen and oxygen atoms in total. The molecule has 0 aromatic carbocycles. The Hall–Kier alpha value is -0.0800. The van der Waals surface area contributed by atoms with E-state index in [4.69, 9.17) is 0 Å². The molecule has 86 valence electrons. The van der Waals surface area contributed by atoms with Crippen molar-refractivity contribution in [3.8, 4) is 0 Å². The molecule has 0 saturated heterocycles. The minimum atomic E-state index is 0.395. The third-order valence-corrected chi connectivity index (χ3v) is 3.31. The normalized spacial score (nSPS) is 12.4. The zero-order valence-electron chi connectivity index (χ0n) is 10.7. The van der Waals surface area contributed by atoms with E-state index >= 15 is 0 Å². The Bertz CT molecular complexity index is 120. The smallest absolute Gasteiger partial charge is 0.0173 e. The number of nitrogens with one attached hydrogen (secondary N) is 1. The third kappa shape index (κ3) is 4.97. The summed E-state index contributed by atoms with van der Waals surface area (Å²) in [5.41, 5.74) is 0.395. The molecule has 0 rings (SSSR count). The average Bonchev–Trinajstić information content (AvgIpc) is 2.19. The van der Waals surface area contributed by atoms with Crippen LogP contribution in [0, 0.1) is 0 Å². The maximum absolute atomic E-state index is 3.71. The molecule has 14 heavy (non-hydrogen) atoms. The Labute approximate surface area is 90.1 Å². The Morgan fingerprint density at radius 1 is 1.00 bits per heavy atom. The molecule has 0 unspecified atom stereocenters. The largest absolute Gasteiger partial charge is 0.311 e. The highest BCUT2D eigenvalue weighted by Gasteiger charge is 2.21. The van der Waals surface area contributed by atoms with Gasteiger partial charge in [0.25, 0.3) is 0 Å². The van der Waals surface area contributed by atoms with E-state index < -0.39 is 0 Å². The fourth-order valence-corrected chi connectivity index (χ4v) is 1.87. The molecule has 0 aliphatic carbocycles. The highest BCUT2D eigenvalue weighted by molar-refractivity contribution is 4.83. The highest BCUT2D eigenvalue weighted by atomic mass is 15.1. The number of hydrogen-bond donors (Lipinski definition) is 1. The van der Waals surface area contributed by atoms with E-state index in [-0.39, 0.29) is 0 Å². The summed E-state index contributed by atoms with van der Waals surface area (Å²) in [5, 5.41) is 3.71. The lowest BCUT2D eigenvalue weighted by atomic mass is 9.90. The first kappa shape index (κ1) is 13.9. The van der Waals surface area contributed by atoms with Crippen molar-refractivity contribution in [3.63, 3.8) is 0 Å². The monoisotopic (exact) mass is 200 g/mol. The molecule has 0 bridgehead atoms. The van der Waals surface area contributed by atoms with Crippen LogP contribution in [0.4, 0.5) is 0 Å². The van der Waals surface area contributed by atoms with Crippen molar-refractivity contribution in [2.75, 3.05) is 27.2 Å². The first-order valence-corrected chi connectivity index (χ1v) is 6.00. The predicted octanol–water partition coefficient (Wildman–Crippen LogP) is 2.50. The molecular weight excluding hydrogens is 172 g/mol. The Morgan fingerprint density at radius 3 is 1.86 bits per heavy atom. The van der Waals surface area contributed by atoms with Gasteiger partial charge in [-0.1, -0.05) is 20.8 Å². The molecule has 0 fully saturated rings. The highest BCUT2D eigenvalue weighted by Crippen LogP contribution is 2.18. The lowest BCUT2D eigenvalue weighted by molar-refractivity contribution is 0.281. The van der Waals surface area contributed by atoms with Crippen LogP contribution in [0.25, 0.3) is 0 Å². The molecule has 0 amide bonds. The lowest BCUT2D eigenvalue weighted by Gasteiger charge is -2.32. The summed E-state index contributed by atoms with van der Waals surface area (Å²) in [6.45, 7) is 9.18. The van der Waals surface area contributed by atoms with Crippen LogP contribution in [-0.4, -0.2) is 37.6 Å². The second kappa shape index (κ2) is 7.24. The number of hydrogen-bond acceptors (Lipinski definition) is 2. The second-order valence-corrected chi connectivity index (χ2v) is 4.42. The first-order chi connectivity index (χ1) is 6.60. The van der Waals surface area contributed by atoms with E-state index in [1.807, 2.05) is 0 Å². The van der Waals surface area contributed by atoms with Gasteiger partial charge in [-0.3, -0.25) is 0 Å². The molecule has 2 heteroatoms. The summed E-state index contributed by atoms with van der Waals surface area (Å²) in [5.74, 6) is 0. The van der Waals surface area contributed by atoms with Crippen molar-refractivity contribution in [1.82, 2.24) is 10.2 Å². The van der Waals surface area contributed by atoms with Crippen molar-refractivity contribution in [2.24, 2.45) is 0 Å². The van der Waals surface area contributed by atoms with Gasteiger partial charge in [0.2, 0.25) is 0 Å². The van der Waals surface area contributed by atoms with Crippen molar-refractivity contribution >= 4 is 0 Å². The fourth-order valence-electron chi connectivity index (χ4n) is 1.87. The van der Waals surface area contributed by atoms with Gasteiger partial charge in [0.15, 0.2) is 0 Å². The van der Waals surface area contributed by atoms with Crippen LogP contribution in [0.5, 0.6) is 0 Å². The Kier molecular flexibility index (Phi) is 7.20. The predicted molar refractivity (Wildman–Crippen MR) is 64.8 cm³/mol. The molecule has 0 aromatic heterocycles. The summed E-state index contributed by atoms with van der Waals surface area (Å²) < 4.78 is 0. The van der Waals surface area contributed by atoms with E-state index in [9.17, 15) is 0 Å². The van der Waals surface area contributed by atoms with Crippen LogP contribution in [0.3, 0.4) is 0 Å². The standard InChI is InChI=1S/C12H28N2/c1-6-12(7-2,8-3)13-10-9-11-14(4)5/h13H,6-11H2,1-5H3. The summed E-state index contributed by atoms with van der Waals surface area (Å²) in [6, 6.07) is 0. The molecule has 0 spiro atoms. The van der Waals surface area contributed by atoms with Gasteiger partial charge in [-0.2, -0.15) is 0 Å². The second-order valence-electron chi connectivity index (χ2n) is 4.42. The first-order valence-electron chi connectivity index (χ1n) is 6.00. The molecule has 0 radical (unpaired) electrons. The van der Waals surface area contributed by atoms with Crippen molar-refractivity contribution in [2.45, 2.75) is 52.0 Å². The van der Waals surface area contributed by atoms with E-state index in [2.05, 4.69) is 45.1 Å². The van der Waals surface area contributed by atoms with E-state index in [1.165, 1.54) is 32.2 Å². The summed E-state index contributed by atoms with van der Waals surface area (Å²) in [4.78, 5) is 2.24. The molecule has 0 aliphatic rings. The zero-order valence-corrected chi connectivity index (χ0v) is 10.7. The SMILES string of the molecule is CCC(CC)(CC)NCCCN(C)C. The van der Waals surface area contributed by atoms with E-state index in [0.717, 1.165) is 6.54 Å². The Morgan fingerprint density at radius 2 is 1.50 bits per heavy atom. The summed E-state index contributed by atoms with van der Waals surface area (Å²) in [6.07, 6.45) is 4.96. The lowest BCUT2D eigenvalue weighted by Crippen LogP contribution is -2.44. The van der Waals surface area contributed by atoms with Gasteiger partial charge in [-0.15, -0.1) is 0 Å². The van der Waals surface area contributed by atoms with Gasteiger partial charge in [0.05, 0.1) is 0 Å². The molecule has 0 heterocycles. The third-order valence-electron chi connectivity index (χ3n) is 3.31. The van der Waals surface area contributed by atoms with E-state index in [0.29, 0.717) is 5.54 Å². The van der Waals surface area contributed by atoms with E-state index in [1.54, 1.807) is 0 Å². The van der Waals surface area contributed by atoms with Crippen LogP contribution in [0.2, 0.25) is 0 Å². The molecular formula is C12H28N2. The van der Waals surface area contributed by atoms with Crippen LogP contribution >= 0.6 is 0 Å². The topological polar surface area (TPSA) is 15.3 Å². The van der Waals surface area contributed by atoms with Gasteiger partial charge in [-0.05, 0) is 52.9 Å². The minimum Gasteiger partial charge on any atom is -0.311 e. The fraction of sp³-hybridized carbons (Fsp3) is 1.00. The Balaban J connectivity index is 3.71. The van der Waals surface area contributed by atoms with Gasteiger partial charge in [0.1, 0.15) is 0 Å². The van der Waals surface area contributed by atoms with Crippen molar-refractivity contribution < 1.29 is 0 Å². The van der Waals surface area contributed by atoms with Crippen LogP contribution < -0.4 is 5.32 Å².